The number of carbonyl (C=O) groups is 1. The average Bonchev–Trinajstić information content (AvgIpc) is 1.84. The SMILES string of the molecule is CC(=O)O.CC(C)C(O)C(C)C. The van der Waals surface area contributed by atoms with Gasteiger partial charge in [-0.1, -0.05) is 27.7 Å². The molecule has 0 aromatic rings. The van der Waals surface area contributed by atoms with E-state index in [1.807, 2.05) is 27.7 Å². The number of carboxylic acid groups (broad SMARTS) is 1. The minimum absolute atomic E-state index is 0.130. The summed E-state index contributed by atoms with van der Waals surface area (Å²) >= 11 is 0. The highest BCUT2D eigenvalue weighted by Gasteiger charge is 2.11. The maximum atomic E-state index is 9.20. The highest BCUT2D eigenvalue weighted by Crippen LogP contribution is 2.10. The smallest absolute Gasteiger partial charge is 0.300 e. The lowest BCUT2D eigenvalue weighted by Gasteiger charge is -2.17. The third-order valence-electron chi connectivity index (χ3n) is 1.37. The largest absolute Gasteiger partial charge is 0.481 e. The van der Waals surface area contributed by atoms with Crippen LogP contribution in [-0.4, -0.2) is 22.3 Å². The molecule has 0 unspecified atom stereocenters. The molecule has 74 valence electrons. The van der Waals surface area contributed by atoms with Crippen molar-refractivity contribution in [3.8, 4) is 0 Å². The fourth-order valence-corrected chi connectivity index (χ4v) is 0.770. The van der Waals surface area contributed by atoms with Gasteiger partial charge in [-0.25, -0.2) is 0 Å². The first-order valence-corrected chi connectivity index (χ1v) is 4.16. The number of aliphatic carboxylic acids is 1. The van der Waals surface area contributed by atoms with Gasteiger partial charge in [0.2, 0.25) is 0 Å². The Balaban J connectivity index is 0. The monoisotopic (exact) mass is 176 g/mol. The molecule has 0 radical (unpaired) electrons. The van der Waals surface area contributed by atoms with Gasteiger partial charge in [0.05, 0.1) is 6.10 Å². The second kappa shape index (κ2) is 7.10. The molecule has 0 rings (SSSR count). The Kier molecular flexibility index (Phi) is 8.27. The van der Waals surface area contributed by atoms with Crippen LogP contribution in [0.2, 0.25) is 0 Å². The van der Waals surface area contributed by atoms with Gasteiger partial charge >= 0.3 is 0 Å². The van der Waals surface area contributed by atoms with E-state index >= 15 is 0 Å². The van der Waals surface area contributed by atoms with Gasteiger partial charge in [0.1, 0.15) is 0 Å². The molecule has 0 heterocycles. The minimum atomic E-state index is -0.833. The quantitative estimate of drug-likeness (QED) is 0.674. The van der Waals surface area contributed by atoms with Crippen LogP contribution in [-0.2, 0) is 4.79 Å². The van der Waals surface area contributed by atoms with E-state index in [4.69, 9.17) is 9.90 Å². The lowest BCUT2D eigenvalue weighted by Crippen LogP contribution is -2.20. The number of aliphatic hydroxyl groups is 1. The Morgan fingerprint density at radius 3 is 1.25 bits per heavy atom. The number of hydrogen-bond acceptors (Lipinski definition) is 2. The van der Waals surface area contributed by atoms with Crippen molar-refractivity contribution in [3.05, 3.63) is 0 Å². The summed E-state index contributed by atoms with van der Waals surface area (Å²) in [6.45, 7) is 9.21. The molecule has 0 spiro atoms. The van der Waals surface area contributed by atoms with E-state index in [1.54, 1.807) is 0 Å². The van der Waals surface area contributed by atoms with Gasteiger partial charge < -0.3 is 10.2 Å². The number of rotatable bonds is 2. The van der Waals surface area contributed by atoms with Gasteiger partial charge in [-0.15, -0.1) is 0 Å². The molecule has 0 aliphatic heterocycles. The molecule has 0 atom stereocenters. The van der Waals surface area contributed by atoms with Gasteiger partial charge in [0, 0.05) is 6.92 Å². The predicted octanol–water partition coefficient (Wildman–Crippen LogP) is 1.75. The summed E-state index contributed by atoms with van der Waals surface area (Å²) in [5, 5.41) is 16.6. The molecular weight excluding hydrogens is 156 g/mol. The first-order valence-electron chi connectivity index (χ1n) is 4.16. The number of carboxylic acids is 1. The molecule has 0 saturated carbocycles. The van der Waals surface area contributed by atoms with E-state index in [9.17, 15) is 5.11 Å². The third kappa shape index (κ3) is 12.1. The van der Waals surface area contributed by atoms with Crippen molar-refractivity contribution in [3.63, 3.8) is 0 Å². The van der Waals surface area contributed by atoms with Crippen molar-refractivity contribution in [1.82, 2.24) is 0 Å². The molecule has 0 fully saturated rings. The van der Waals surface area contributed by atoms with E-state index in [0.717, 1.165) is 6.92 Å². The van der Waals surface area contributed by atoms with E-state index < -0.39 is 5.97 Å². The summed E-state index contributed by atoms with van der Waals surface area (Å²) in [5.74, 6) is -0.0370. The first kappa shape index (κ1) is 14.0. The second-order valence-electron chi connectivity index (χ2n) is 3.50. The molecule has 0 amide bonds. The first-order chi connectivity index (χ1) is 5.29. The van der Waals surface area contributed by atoms with E-state index in [0.29, 0.717) is 11.8 Å². The predicted molar refractivity (Wildman–Crippen MR) is 49.0 cm³/mol. The summed E-state index contributed by atoms with van der Waals surface area (Å²) < 4.78 is 0. The lowest BCUT2D eigenvalue weighted by molar-refractivity contribution is -0.134. The number of hydrogen-bond donors (Lipinski definition) is 2. The Bertz CT molecular complexity index is 107. The van der Waals surface area contributed by atoms with Crippen LogP contribution in [0.5, 0.6) is 0 Å². The second-order valence-corrected chi connectivity index (χ2v) is 3.50. The zero-order valence-electron chi connectivity index (χ0n) is 8.53. The summed E-state index contributed by atoms with van der Waals surface area (Å²) in [7, 11) is 0. The normalized spacial score (nSPS) is 10.1. The van der Waals surface area contributed by atoms with E-state index in [-0.39, 0.29) is 6.10 Å². The maximum absolute atomic E-state index is 9.20. The van der Waals surface area contributed by atoms with Crippen LogP contribution >= 0.6 is 0 Å². The molecule has 0 aliphatic rings. The molecule has 3 nitrogen and oxygen atoms in total. The summed E-state index contributed by atoms with van der Waals surface area (Å²) in [6.07, 6.45) is -0.130. The van der Waals surface area contributed by atoms with E-state index in [2.05, 4.69) is 0 Å². The third-order valence-corrected chi connectivity index (χ3v) is 1.37. The molecule has 12 heavy (non-hydrogen) atoms. The van der Waals surface area contributed by atoms with Crippen molar-refractivity contribution in [2.24, 2.45) is 11.8 Å². The van der Waals surface area contributed by atoms with Crippen LogP contribution in [0.25, 0.3) is 0 Å². The molecule has 0 aromatic heterocycles. The van der Waals surface area contributed by atoms with Crippen LogP contribution in [0, 0.1) is 11.8 Å². The Morgan fingerprint density at radius 1 is 1.08 bits per heavy atom. The minimum Gasteiger partial charge on any atom is -0.481 e. The van der Waals surface area contributed by atoms with Crippen molar-refractivity contribution in [1.29, 1.82) is 0 Å². The van der Waals surface area contributed by atoms with Crippen LogP contribution < -0.4 is 0 Å². The zero-order chi connectivity index (χ0) is 10.3. The highest BCUT2D eigenvalue weighted by atomic mass is 16.4. The Labute approximate surface area is 74.4 Å². The van der Waals surface area contributed by atoms with Crippen molar-refractivity contribution in [2.45, 2.75) is 40.7 Å². The molecule has 2 N–H and O–H groups in total. The molecular formula is C9H20O3. The van der Waals surface area contributed by atoms with Crippen molar-refractivity contribution >= 4 is 5.97 Å². The topological polar surface area (TPSA) is 57.5 Å². The summed E-state index contributed by atoms with van der Waals surface area (Å²) in [4.78, 5) is 9.00. The van der Waals surface area contributed by atoms with Gasteiger partial charge in [0.15, 0.2) is 0 Å². The van der Waals surface area contributed by atoms with Crippen molar-refractivity contribution < 1.29 is 15.0 Å². The average molecular weight is 176 g/mol. The molecule has 0 saturated heterocycles. The standard InChI is InChI=1S/C7H16O.C2H4O2/c1-5(2)7(8)6(3)4;1-2(3)4/h5-8H,1-4H3;1H3,(H,3,4). The molecule has 0 bridgehead atoms. The van der Waals surface area contributed by atoms with Crippen LogP contribution in [0.15, 0.2) is 0 Å². The van der Waals surface area contributed by atoms with Crippen LogP contribution in [0.3, 0.4) is 0 Å². The lowest BCUT2D eigenvalue weighted by atomic mass is 9.97. The van der Waals surface area contributed by atoms with Gasteiger partial charge in [-0.05, 0) is 11.8 Å². The van der Waals surface area contributed by atoms with Crippen molar-refractivity contribution in [2.75, 3.05) is 0 Å². The molecule has 3 heteroatoms. The van der Waals surface area contributed by atoms with Crippen LogP contribution in [0.4, 0.5) is 0 Å². The Morgan fingerprint density at radius 2 is 1.25 bits per heavy atom. The fourth-order valence-electron chi connectivity index (χ4n) is 0.770. The fraction of sp³-hybridized carbons (Fsp3) is 0.889. The summed E-state index contributed by atoms with van der Waals surface area (Å²) in [6, 6.07) is 0. The molecule has 0 aliphatic carbocycles. The zero-order valence-corrected chi connectivity index (χ0v) is 8.53. The Hall–Kier alpha value is -0.570. The highest BCUT2D eigenvalue weighted by molar-refractivity contribution is 5.62. The van der Waals surface area contributed by atoms with E-state index in [1.165, 1.54) is 0 Å². The number of aliphatic hydroxyl groups excluding tert-OH is 1. The molecule has 0 aromatic carbocycles. The van der Waals surface area contributed by atoms with Gasteiger partial charge in [0.25, 0.3) is 5.97 Å². The van der Waals surface area contributed by atoms with Gasteiger partial charge in [-0.3, -0.25) is 4.79 Å². The maximum Gasteiger partial charge on any atom is 0.300 e. The van der Waals surface area contributed by atoms with Gasteiger partial charge in [-0.2, -0.15) is 0 Å². The van der Waals surface area contributed by atoms with Crippen LogP contribution in [0.1, 0.15) is 34.6 Å². The summed E-state index contributed by atoms with van der Waals surface area (Å²) in [5.41, 5.74) is 0.